The quantitative estimate of drug-likeness (QED) is 0.747. The molecule has 2 unspecified atom stereocenters. The fourth-order valence-electron chi connectivity index (χ4n) is 2.67. The van der Waals surface area contributed by atoms with E-state index >= 15 is 0 Å². The minimum atomic E-state index is -0.714. The molecule has 4 heteroatoms. The van der Waals surface area contributed by atoms with Gasteiger partial charge in [-0.1, -0.05) is 0 Å². The fraction of sp³-hybridized carbons (Fsp3) is 0.900. The van der Waals surface area contributed by atoms with E-state index in [1.807, 2.05) is 0 Å². The van der Waals surface area contributed by atoms with Crippen LogP contribution in [0.1, 0.15) is 38.5 Å². The van der Waals surface area contributed by atoms with Gasteiger partial charge in [-0.2, -0.15) is 5.26 Å². The standard InChI is InChI=1S/C10H15NO2S/c11-5-1-4-10(12)6-8-2-3-9(7-10)14(8)13/h8-9,12H,1-4,6-7H2. The molecule has 3 nitrogen and oxygen atoms in total. The number of hydrogen-bond acceptors (Lipinski definition) is 3. The van der Waals surface area contributed by atoms with Crippen LogP contribution in [0.25, 0.3) is 0 Å². The molecule has 0 spiro atoms. The normalized spacial score (nSPS) is 46.1. The summed E-state index contributed by atoms with van der Waals surface area (Å²) in [5.41, 5.74) is -0.699. The molecule has 2 aliphatic rings. The second-order valence-electron chi connectivity index (χ2n) is 4.44. The van der Waals surface area contributed by atoms with Crippen LogP contribution in [0.2, 0.25) is 0 Å². The Balaban J connectivity index is 2.05. The lowest BCUT2D eigenvalue weighted by molar-refractivity contribution is 0.0156. The monoisotopic (exact) mass is 213 g/mol. The first-order valence-corrected chi connectivity index (χ1v) is 6.41. The number of fused-ring (bicyclic) bond motifs is 2. The van der Waals surface area contributed by atoms with Crippen molar-refractivity contribution in [1.29, 1.82) is 5.26 Å². The molecular formula is C10H15NO2S. The molecule has 0 aromatic carbocycles. The fourth-order valence-corrected chi connectivity index (χ4v) is 4.90. The summed E-state index contributed by atoms with van der Waals surface area (Å²) in [6.45, 7) is 0. The van der Waals surface area contributed by atoms with Gasteiger partial charge in [0.05, 0.1) is 11.7 Å². The van der Waals surface area contributed by atoms with Crippen molar-refractivity contribution < 1.29 is 9.32 Å². The van der Waals surface area contributed by atoms with Crippen molar-refractivity contribution in [3.8, 4) is 6.07 Å². The van der Waals surface area contributed by atoms with Crippen LogP contribution in [0.5, 0.6) is 0 Å². The second-order valence-corrected chi connectivity index (χ2v) is 6.43. The Morgan fingerprint density at radius 3 is 2.50 bits per heavy atom. The average molecular weight is 213 g/mol. The first kappa shape index (κ1) is 10.1. The molecule has 2 fully saturated rings. The zero-order valence-electron chi connectivity index (χ0n) is 8.11. The molecule has 0 radical (unpaired) electrons. The van der Waals surface area contributed by atoms with E-state index in [1.165, 1.54) is 0 Å². The van der Waals surface area contributed by atoms with Crippen LogP contribution in [0.15, 0.2) is 0 Å². The van der Waals surface area contributed by atoms with Crippen molar-refractivity contribution in [3.05, 3.63) is 0 Å². The maximum absolute atomic E-state index is 11.7. The highest BCUT2D eigenvalue weighted by molar-refractivity contribution is 7.86. The van der Waals surface area contributed by atoms with Gasteiger partial charge in [0.25, 0.3) is 0 Å². The zero-order chi connectivity index (χ0) is 10.2. The van der Waals surface area contributed by atoms with E-state index in [0.717, 1.165) is 12.8 Å². The van der Waals surface area contributed by atoms with E-state index in [9.17, 15) is 9.32 Å². The van der Waals surface area contributed by atoms with E-state index < -0.39 is 16.4 Å². The molecule has 0 aromatic rings. The predicted molar refractivity (Wildman–Crippen MR) is 54.0 cm³/mol. The Bertz CT molecular complexity index is 281. The second kappa shape index (κ2) is 3.63. The third kappa shape index (κ3) is 1.71. The molecule has 0 saturated carbocycles. The smallest absolute Gasteiger partial charge is 0.0680 e. The van der Waals surface area contributed by atoms with Crippen molar-refractivity contribution in [3.63, 3.8) is 0 Å². The largest absolute Gasteiger partial charge is 0.390 e. The third-order valence-corrected chi connectivity index (χ3v) is 5.50. The SMILES string of the molecule is N#CCCC1(O)CC2CCC(C1)S2=O. The Labute approximate surface area is 86.6 Å². The van der Waals surface area contributed by atoms with Gasteiger partial charge in [-0.25, -0.2) is 0 Å². The highest BCUT2D eigenvalue weighted by atomic mass is 32.2. The molecule has 2 rings (SSSR count). The number of hydrogen-bond donors (Lipinski definition) is 1. The molecule has 2 atom stereocenters. The molecule has 2 bridgehead atoms. The maximum Gasteiger partial charge on any atom is 0.0680 e. The molecule has 0 amide bonds. The van der Waals surface area contributed by atoms with Crippen LogP contribution in [-0.2, 0) is 10.8 Å². The number of rotatable bonds is 2. The van der Waals surface area contributed by atoms with Gasteiger partial charge in [0.1, 0.15) is 0 Å². The average Bonchev–Trinajstić information content (AvgIpc) is 2.41. The molecule has 2 saturated heterocycles. The van der Waals surface area contributed by atoms with Gasteiger partial charge in [0.2, 0.25) is 0 Å². The lowest BCUT2D eigenvalue weighted by Crippen LogP contribution is -2.42. The van der Waals surface area contributed by atoms with E-state index in [2.05, 4.69) is 6.07 Å². The summed E-state index contributed by atoms with van der Waals surface area (Å²) in [7, 11) is -0.714. The molecule has 0 aliphatic carbocycles. The lowest BCUT2D eigenvalue weighted by atomic mass is 9.89. The van der Waals surface area contributed by atoms with E-state index in [4.69, 9.17) is 5.26 Å². The van der Waals surface area contributed by atoms with Crippen LogP contribution in [0.3, 0.4) is 0 Å². The molecule has 0 aromatic heterocycles. The number of aliphatic hydroxyl groups is 1. The lowest BCUT2D eigenvalue weighted by Gasteiger charge is -2.35. The summed E-state index contributed by atoms with van der Waals surface area (Å²) in [4.78, 5) is 0. The zero-order valence-corrected chi connectivity index (χ0v) is 8.92. The van der Waals surface area contributed by atoms with E-state index in [-0.39, 0.29) is 10.5 Å². The van der Waals surface area contributed by atoms with Gasteiger partial charge < -0.3 is 5.11 Å². The van der Waals surface area contributed by atoms with Crippen LogP contribution in [0.4, 0.5) is 0 Å². The molecule has 2 heterocycles. The molecule has 2 aliphatic heterocycles. The van der Waals surface area contributed by atoms with Gasteiger partial charge in [-0.15, -0.1) is 0 Å². The predicted octanol–water partition coefficient (Wildman–Crippen LogP) is 1.09. The van der Waals surface area contributed by atoms with Gasteiger partial charge in [-0.3, -0.25) is 4.21 Å². The summed E-state index contributed by atoms with van der Waals surface area (Å²) in [6.07, 6.45) is 4.21. The number of nitrogens with zero attached hydrogens (tertiary/aromatic N) is 1. The minimum absolute atomic E-state index is 0.192. The van der Waals surface area contributed by atoms with Crippen molar-refractivity contribution in [2.45, 2.75) is 54.6 Å². The van der Waals surface area contributed by atoms with Gasteiger partial charge >= 0.3 is 0 Å². The minimum Gasteiger partial charge on any atom is -0.390 e. The Morgan fingerprint density at radius 2 is 2.00 bits per heavy atom. The molecule has 1 N–H and O–H groups in total. The van der Waals surface area contributed by atoms with E-state index in [1.54, 1.807) is 0 Å². The maximum atomic E-state index is 11.7. The first-order valence-electron chi connectivity index (χ1n) is 5.13. The summed E-state index contributed by atoms with van der Waals surface area (Å²) < 4.78 is 11.7. The summed E-state index contributed by atoms with van der Waals surface area (Å²) >= 11 is 0. The highest BCUT2D eigenvalue weighted by Gasteiger charge is 2.47. The Hall–Kier alpha value is -0.400. The number of nitriles is 1. The summed E-state index contributed by atoms with van der Waals surface area (Å²) in [5.74, 6) is 0. The van der Waals surface area contributed by atoms with Crippen LogP contribution >= 0.6 is 0 Å². The Morgan fingerprint density at radius 1 is 1.43 bits per heavy atom. The van der Waals surface area contributed by atoms with Crippen LogP contribution in [0, 0.1) is 11.3 Å². The topological polar surface area (TPSA) is 61.1 Å². The summed E-state index contributed by atoms with van der Waals surface area (Å²) in [6, 6.07) is 2.07. The summed E-state index contributed by atoms with van der Waals surface area (Å²) in [5, 5.41) is 19.1. The van der Waals surface area contributed by atoms with E-state index in [0.29, 0.717) is 25.7 Å². The van der Waals surface area contributed by atoms with Crippen molar-refractivity contribution >= 4 is 10.8 Å². The third-order valence-electron chi connectivity index (χ3n) is 3.39. The highest BCUT2D eigenvalue weighted by Crippen LogP contribution is 2.42. The molecule has 14 heavy (non-hydrogen) atoms. The van der Waals surface area contributed by atoms with Gasteiger partial charge in [-0.05, 0) is 32.1 Å². The van der Waals surface area contributed by atoms with Crippen LogP contribution in [-0.4, -0.2) is 25.4 Å². The van der Waals surface area contributed by atoms with Crippen LogP contribution < -0.4 is 0 Å². The van der Waals surface area contributed by atoms with Crippen molar-refractivity contribution in [1.82, 2.24) is 0 Å². The Kier molecular flexibility index (Phi) is 2.63. The van der Waals surface area contributed by atoms with Gasteiger partial charge in [0, 0.05) is 27.7 Å². The van der Waals surface area contributed by atoms with Crippen molar-refractivity contribution in [2.75, 3.05) is 0 Å². The molecule has 78 valence electrons. The first-order chi connectivity index (χ1) is 6.64. The van der Waals surface area contributed by atoms with Gasteiger partial charge in [0.15, 0.2) is 0 Å². The molecular weight excluding hydrogens is 198 g/mol. The van der Waals surface area contributed by atoms with Crippen molar-refractivity contribution in [2.24, 2.45) is 0 Å².